The van der Waals surface area contributed by atoms with Crippen LogP contribution in [0.3, 0.4) is 0 Å². The molecule has 0 aromatic carbocycles. The summed E-state index contributed by atoms with van der Waals surface area (Å²) in [5.74, 6) is 1.38. The normalized spacial score (nSPS) is 25.4. The summed E-state index contributed by atoms with van der Waals surface area (Å²) in [7, 11) is -4.61. The van der Waals surface area contributed by atoms with Crippen molar-refractivity contribution < 1.29 is 35.7 Å². The minimum Gasteiger partial charge on any atom is -0.444 e. The maximum absolute atomic E-state index is 13.7. The number of rotatable bonds is 18. The summed E-state index contributed by atoms with van der Waals surface area (Å²) in [6.45, 7) is 15.9. The van der Waals surface area contributed by atoms with Gasteiger partial charge in [-0.1, -0.05) is 66.2 Å². The van der Waals surface area contributed by atoms with E-state index in [0.29, 0.717) is 44.3 Å². The Bertz CT molecular complexity index is 1380. The van der Waals surface area contributed by atoms with Gasteiger partial charge in [-0.3, -0.25) is 0 Å². The molecule has 4 aliphatic rings. The molecule has 3 amide bonds. The molecule has 0 radical (unpaired) electrons. The van der Waals surface area contributed by atoms with Crippen LogP contribution in [0.15, 0.2) is 4.42 Å². The van der Waals surface area contributed by atoms with Crippen molar-refractivity contribution in [3.63, 3.8) is 0 Å². The molecule has 0 unspecified atom stereocenters. The molecule has 1 aliphatic carbocycles. The fourth-order valence-electron chi connectivity index (χ4n) is 7.97. The first-order chi connectivity index (χ1) is 23.3. The number of carbonyl (C=O) groups is 2. The Morgan fingerprint density at radius 2 is 1.53 bits per heavy atom. The van der Waals surface area contributed by atoms with Gasteiger partial charge in [-0.25, -0.2) is 9.59 Å². The van der Waals surface area contributed by atoms with Crippen LogP contribution in [0, 0.1) is 11.8 Å². The van der Waals surface area contributed by atoms with Gasteiger partial charge in [0.05, 0.1) is 6.04 Å². The van der Waals surface area contributed by atoms with E-state index in [1.54, 1.807) is 14.9 Å². The van der Waals surface area contributed by atoms with Crippen molar-refractivity contribution in [3.05, 3.63) is 11.8 Å². The van der Waals surface area contributed by atoms with E-state index in [0.717, 1.165) is 69.3 Å². The monoisotopic (exact) mass is 710 g/mol. The van der Waals surface area contributed by atoms with Gasteiger partial charge < -0.3 is 19.0 Å². The lowest BCUT2D eigenvalue weighted by Gasteiger charge is -2.43. The molecule has 3 saturated heterocycles. The summed E-state index contributed by atoms with van der Waals surface area (Å²) in [4.78, 5) is 29.4. The molecule has 4 fully saturated rings. The molecule has 0 spiro atoms. The lowest BCUT2D eigenvalue weighted by Crippen LogP contribution is -2.51. The predicted molar refractivity (Wildman–Crippen MR) is 181 cm³/mol. The third kappa shape index (κ3) is 8.53. The van der Waals surface area contributed by atoms with Gasteiger partial charge in [0.25, 0.3) is 0 Å². The van der Waals surface area contributed by atoms with Crippen molar-refractivity contribution in [1.82, 2.24) is 30.1 Å². The molecule has 15 heteroatoms. The molecule has 5 atom stereocenters. The number of unbranched alkanes of at least 4 members (excludes halogenated alkanes) is 3. The topological polar surface area (TPSA) is 148 Å². The Morgan fingerprint density at radius 3 is 2.12 bits per heavy atom. The van der Waals surface area contributed by atoms with Crippen LogP contribution in [-0.2, 0) is 23.7 Å². The zero-order valence-corrected chi connectivity index (χ0v) is 31.4. The second kappa shape index (κ2) is 15.4. The number of ether oxygens (including phenoxy) is 1. The quantitative estimate of drug-likeness (QED) is 0.150. The van der Waals surface area contributed by atoms with Gasteiger partial charge in [0, 0.05) is 37.6 Å². The third-order valence-corrected chi connectivity index (χ3v) is 11.2. The summed E-state index contributed by atoms with van der Waals surface area (Å²) >= 11 is 0. The number of hydrogen-bond acceptors (Lipinski definition) is 11. The highest BCUT2D eigenvalue weighted by Crippen LogP contribution is 2.58. The number of carbonyl (C=O) groups excluding carboxylic acids is 2. The number of hydroxylamine groups is 4. The van der Waals surface area contributed by atoms with E-state index in [-0.39, 0.29) is 30.4 Å². The SMILES string of the molecule is CCCCN(OS(=O)(=O)ON1C(=O)N2C[C@@H]1CC[C@H]2c1nnc([C@H]2[C@@H]3CN(C(=O)OC(C)(C)C)C[C@@H]32)o1)C(CCC)(CCCC)CCCC. The Kier molecular flexibility index (Phi) is 11.9. The van der Waals surface area contributed by atoms with Crippen LogP contribution in [0.5, 0.6) is 0 Å². The molecule has 4 heterocycles. The number of piperidine rings is 2. The van der Waals surface area contributed by atoms with Crippen molar-refractivity contribution in [2.75, 3.05) is 26.2 Å². The molecule has 2 bridgehead atoms. The molecule has 14 nitrogen and oxygen atoms in total. The van der Waals surface area contributed by atoms with E-state index in [2.05, 4.69) is 37.9 Å². The Labute approximate surface area is 292 Å². The van der Waals surface area contributed by atoms with E-state index < -0.39 is 39.7 Å². The number of likely N-dealkylation sites (tertiary alicyclic amines) is 1. The fraction of sp³-hybridized carbons (Fsp3) is 0.882. The zero-order chi connectivity index (χ0) is 35.6. The fourth-order valence-corrected chi connectivity index (χ4v) is 8.84. The second-order valence-corrected chi connectivity index (χ2v) is 16.5. The largest absolute Gasteiger partial charge is 0.444 e. The first-order valence-electron chi connectivity index (χ1n) is 18.6. The average Bonchev–Trinajstić information content (AvgIpc) is 3.38. The van der Waals surface area contributed by atoms with Crippen molar-refractivity contribution in [1.29, 1.82) is 0 Å². The highest BCUT2D eigenvalue weighted by atomic mass is 32.3. The molecule has 1 aromatic rings. The molecule has 1 aromatic heterocycles. The van der Waals surface area contributed by atoms with Crippen molar-refractivity contribution in [2.45, 2.75) is 155 Å². The van der Waals surface area contributed by atoms with E-state index in [9.17, 15) is 18.0 Å². The van der Waals surface area contributed by atoms with Crippen LogP contribution in [-0.4, -0.2) is 94.0 Å². The maximum atomic E-state index is 13.7. The average molecular weight is 711 g/mol. The number of fused-ring (bicyclic) bond motifs is 3. The van der Waals surface area contributed by atoms with Gasteiger partial charge in [0.1, 0.15) is 11.6 Å². The molecule has 278 valence electrons. The molecular formula is C34H58N6O8S. The molecule has 49 heavy (non-hydrogen) atoms. The molecular weight excluding hydrogens is 652 g/mol. The number of aromatic nitrogens is 2. The van der Waals surface area contributed by atoms with Crippen LogP contribution in [0.1, 0.15) is 149 Å². The summed E-state index contributed by atoms with van der Waals surface area (Å²) in [5, 5.41) is 11.3. The van der Waals surface area contributed by atoms with Gasteiger partial charge in [-0.05, 0) is 71.1 Å². The van der Waals surface area contributed by atoms with Crippen molar-refractivity contribution in [2.24, 2.45) is 11.8 Å². The van der Waals surface area contributed by atoms with Crippen LogP contribution in [0.4, 0.5) is 9.59 Å². The van der Waals surface area contributed by atoms with Gasteiger partial charge in [-0.15, -0.1) is 14.5 Å². The minimum absolute atomic E-state index is 0.0674. The first kappa shape index (κ1) is 37.8. The summed E-state index contributed by atoms with van der Waals surface area (Å²) in [5.41, 5.74) is -0.984. The van der Waals surface area contributed by atoms with Crippen LogP contribution in [0.2, 0.25) is 0 Å². The maximum Gasteiger partial charge on any atom is 0.437 e. The van der Waals surface area contributed by atoms with Gasteiger partial charge in [0.2, 0.25) is 11.8 Å². The summed E-state index contributed by atoms with van der Waals surface area (Å²) in [6, 6.07) is -1.50. The van der Waals surface area contributed by atoms with Gasteiger partial charge in [0.15, 0.2) is 0 Å². The highest BCUT2D eigenvalue weighted by molar-refractivity contribution is 7.81. The highest BCUT2D eigenvalue weighted by Gasteiger charge is 2.60. The summed E-state index contributed by atoms with van der Waals surface area (Å²) < 4.78 is 50.2. The standard InChI is InChI=1S/C34H58N6O8S/c1-8-12-18-34(17-11-4,19-13-9-2)39(20-14-10-3)47-49(43,44)48-40-24-15-16-27(38(21-24)31(40)41)29-35-36-30(45-29)28-25-22-37(23-26(25)28)32(42)46-33(5,6)7/h24-28H,8-23H2,1-7H3/t24-,25-,26+,27-,28+/m0/s1. The van der Waals surface area contributed by atoms with E-state index in [1.165, 1.54) is 0 Å². The van der Waals surface area contributed by atoms with Crippen LogP contribution < -0.4 is 0 Å². The second-order valence-electron chi connectivity index (χ2n) is 15.4. The molecule has 0 N–H and O–H groups in total. The number of urea groups is 1. The third-order valence-electron chi connectivity index (χ3n) is 10.5. The lowest BCUT2D eigenvalue weighted by atomic mass is 9.82. The zero-order valence-electron chi connectivity index (χ0n) is 30.6. The van der Waals surface area contributed by atoms with Gasteiger partial charge >= 0.3 is 22.5 Å². The minimum atomic E-state index is -4.61. The number of amides is 3. The Balaban J connectivity index is 1.23. The molecule has 1 saturated carbocycles. The summed E-state index contributed by atoms with van der Waals surface area (Å²) in [6.07, 6.45) is 9.67. The first-order valence-corrected chi connectivity index (χ1v) is 19.9. The van der Waals surface area contributed by atoms with Crippen molar-refractivity contribution >= 4 is 22.5 Å². The molecule has 3 aliphatic heterocycles. The molecule has 5 rings (SSSR count). The smallest absolute Gasteiger partial charge is 0.437 e. The Morgan fingerprint density at radius 1 is 0.898 bits per heavy atom. The number of hydrogen-bond donors (Lipinski definition) is 0. The van der Waals surface area contributed by atoms with Crippen LogP contribution >= 0.6 is 0 Å². The van der Waals surface area contributed by atoms with E-state index in [1.807, 2.05) is 20.8 Å². The van der Waals surface area contributed by atoms with Gasteiger partial charge in [-0.2, -0.15) is 22.8 Å². The Hall–Kier alpha value is -2.49. The van der Waals surface area contributed by atoms with E-state index >= 15 is 0 Å². The lowest BCUT2D eigenvalue weighted by molar-refractivity contribution is -0.172. The number of nitrogens with zero attached hydrogens (tertiary/aromatic N) is 6. The van der Waals surface area contributed by atoms with Crippen molar-refractivity contribution in [3.8, 4) is 0 Å². The van der Waals surface area contributed by atoms with E-state index in [4.69, 9.17) is 17.7 Å². The predicted octanol–water partition coefficient (Wildman–Crippen LogP) is 6.72. The van der Waals surface area contributed by atoms with Crippen LogP contribution in [0.25, 0.3) is 0 Å².